The van der Waals surface area contributed by atoms with Crippen LogP contribution >= 0.6 is 0 Å². The average Bonchev–Trinajstić information content (AvgIpc) is 2.45. The minimum absolute atomic E-state index is 0.302. The second kappa shape index (κ2) is 8.92. The van der Waals surface area contributed by atoms with Crippen molar-refractivity contribution in [3.05, 3.63) is 71.8 Å². The van der Waals surface area contributed by atoms with Gasteiger partial charge in [-0.25, -0.2) is 4.79 Å². The van der Waals surface area contributed by atoms with Crippen molar-refractivity contribution in [3.63, 3.8) is 0 Å². The van der Waals surface area contributed by atoms with E-state index in [4.69, 9.17) is 4.74 Å². The molecule has 0 saturated heterocycles. The maximum absolute atomic E-state index is 11.9. The number of ether oxygens (including phenoxy) is 1. The lowest BCUT2D eigenvalue weighted by molar-refractivity contribution is -0.138. The molecule has 0 spiro atoms. The zero-order chi connectivity index (χ0) is 14.8. The highest BCUT2D eigenvalue weighted by molar-refractivity contribution is 5.94. The molecule has 20 heavy (non-hydrogen) atoms. The van der Waals surface area contributed by atoms with Crippen molar-refractivity contribution in [2.24, 2.45) is 0 Å². The van der Waals surface area contributed by atoms with E-state index in [0.29, 0.717) is 17.8 Å². The van der Waals surface area contributed by atoms with Gasteiger partial charge in [-0.05, 0) is 37.8 Å². The Morgan fingerprint density at radius 3 is 2.60 bits per heavy atom. The number of aryl methyl sites for hydroxylation is 1. The van der Waals surface area contributed by atoms with E-state index in [9.17, 15) is 4.79 Å². The van der Waals surface area contributed by atoms with Crippen LogP contribution in [0.3, 0.4) is 0 Å². The van der Waals surface area contributed by atoms with Gasteiger partial charge in [-0.1, -0.05) is 55.1 Å². The van der Waals surface area contributed by atoms with E-state index >= 15 is 0 Å². The van der Waals surface area contributed by atoms with Gasteiger partial charge in [-0.15, -0.1) is 0 Å². The first-order valence-electron chi connectivity index (χ1n) is 6.92. The molecule has 106 valence electrons. The van der Waals surface area contributed by atoms with Gasteiger partial charge in [-0.2, -0.15) is 0 Å². The quantitative estimate of drug-likeness (QED) is 0.421. The lowest BCUT2D eigenvalue weighted by Crippen LogP contribution is -2.09. The van der Waals surface area contributed by atoms with Gasteiger partial charge in [0.15, 0.2) is 0 Å². The molecule has 0 aliphatic heterocycles. The van der Waals surface area contributed by atoms with Crippen molar-refractivity contribution >= 4 is 5.97 Å². The van der Waals surface area contributed by atoms with Gasteiger partial charge in [0.05, 0.1) is 12.2 Å². The maximum Gasteiger partial charge on any atom is 0.338 e. The predicted molar refractivity (Wildman–Crippen MR) is 83.4 cm³/mol. The van der Waals surface area contributed by atoms with Crippen LogP contribution in [0.2, 0.25) is 0 Å². The number of hydrogen-bond donors (Lipinski definition) is 0. The van der Waals surface area contributed by atoms with E-state index < -0.39 is 0 Å². The first-order chi connectivity index (χ1) is 9.69. The van der Waals surface area contributed by atoms with Gasteiger partial charge in [0.25, 0.3) is 0 Å². The largest absolute Gasteiger partial charge is 0.462 e. The smallest absolute Gasteiger partial charge is 0.338 e. The van der Waals surface area contributed by atoms with Crippen LogP contribution in [0.4, 0.5) is 0 Å². The molecule has 0 amide bonds. The van der Waals surface area contributed by atoms with E-state index in [0.717, 1.165) is 12.8 Å². The Morgan fingerprint density at radius 2 is 2.00 bits per heavy atom. The summed E-state index contributed by atoms with van der Waals surface area (Å²) in [5.74, 6) is -0.302. The molecular weight excluding hydrogens is 248 g/mol. The monoisotopic (exact) mass is 270 g/mol. The molecule has 1 rings (SSSR count). The molecule has 0 fully saturated rings. The van der Waals surface area contributed by atoms with Crippen molar-refractivity contribution in [2.45, 2.75) is 26.7 Å². The first-order valence-corrected chi connectivity index (χ1v) is 6.92. The molecule has 2 heteroatoms. The highest BCUT2D eigenvalue weighted by Gasteiger charge is 2.11. The number of carbonyl (C=O) groups excluding carboxylic acids is 1. The van der Waals surface area contributed by atoms with E-state index in [1.807, 2.05) is 43.4 Å². The molecule has 1 aromatic carbocycles. The molecule has 0 heterocycles. The molecule has 0 aliphatic rings. The second-order valence-corrected chi connectivity index (χ2v) is 4.39. The zero-order valence-corrected chi connectivity index (χ0v) is 12.3. The summed E-state index contributed by atoms with van der Waals surface area (Å²) in [7, 11) is 0. The number of allylic oxidation sites excluding steroid dienone is 3. The molecule has 0 aliphatic carbocycles. The molecule has 0 bridgehead atoms. The first kappa shape index (κ1) is 16.0. The van der Waals surface area contributed by atoms with E-state index in [-0.39, 0.29) is 5.97 Å². The van der Waals surface area contributed by atoms with Crippen molar-refractivity contribution in [1.82, 2.24) is 0 Å². The third kappa shape index (κ3) is 5.27. The van der Waals surface area contributed by atoms with E-state index in [1.54, 1.807) is 6.92 Å². The fourth-order valence-corrected chi connectivity index (χ4v) is 1.87. The SMILES string of the molecule is C=C(/C=C/C)/C(=C/CCc1ccccc1)C(=O)OCC. The van der Waals surface area contributed by atoms with E-state index in [1.165, 1.54) is 5.56 Å². The summed E-state index contributed by atoms with van der Waals surface area (Å²) >= 11 is 0. The van der Waals surface area contributed by atoms with Gasteiger partial charge in [-0.3, -0.25) is 0 Å². The molecule has 2 nitrogen and oxygen atoms in total. The third-order valence-electron chi connectivity index (χ3n) is 2.83. The Morgan fingerprint density at radius 1 is 1.30 bits per heavy atom. The van der Waals surface area contributed by atoms with Crippen LogP contribution in [0, 0.1) is 0 Å². The number of rotatable bonds is 7. The van der Waals surface area contributed by atoms with Gasteiger partial charge < -0.3 is 4.74 Å². The van der Waals surface area contributed by atoms with Crippen LogP contribution < -0.4 is 0 Å². The highest BCUT2D eigenvalue weighted by atomic mass is 16.5. The molecule has 1 aromatic rings. The Kier molecular flexibility index (Phi) is 7.12. The third-order valence-corrected chi connectivity index (χ3v) is 2.83. The lowest BCUT2D eigenvalue weighted by Gasteiger charge is -2.07. The summed E-state index contributed by atoms with van der Waals surface area (Å²) < 4.78 is 5.07. The van der Waals surface area contributed by atoms with Crippen LogP contribution in [0.5, 0.6) is 0 Å². The van der Waals surface area contributed by atoms with Crippen molar-refractivity contribution in [2.75, 3.05) is 6.61 Å². The molecular formula is C18H22O2. The fourth-order valence-electron chi connectivity index (χ4n) is 1.87. The van der Waals surface area contributed by atoms with Gasteiger partial charge in [0.2, 0.25) is 0 Å². The van der Waals surface area contributed by atoms with Crippen molar-refractivity contribution < 1.29 is 9.53 Å². The predicted octanol–water partition coefficient (Wildman–Crippen LogP) is 4.24. The fraction of sp³-hybridized carbons (Fsp3) is 0.278. The number of esters is 1. The van der Waals surface area contributed by atoms with Crippen LogP contribution in [0.1, 0.15) is 25.8 Å². The van der Waals surface area contributed by atoms with Gasteiger partial charge in [0, 0.05) is 0 Å². The lowest BCUT2D eigenvalue weighted by atomic mass is 10.0. The number of hydrogen-bond acceptors (Lipinski definition) is 2. The Hall–Kier alpha value is -2.09. The minimum atomic E-state index is -0.302. The Labute approximate surface area is 121 Å². The van der Waals surface area contributed by atoms with Crippen molar-refractivity contribution in [3.8, 4) is 0 Å². The summed E-state index contributed by atoms with van der Waals surface area (Å²) in [5, 5.41) is 0. The van der Waals surface area contributed by atoms with Crippen LogP contribution in [0.15, 0.2) is 66.3 Å². The second-order valence-electron chi connectivity index (χ2n) is 4.39. The molecule has 0 unspecified atom stereocenters. The van der Waals surface area contributed by atoms with Crippen LogP contribution in [-0.2, 0) is 16.0 Å². The minimum Gasteiger partial charge on any atom is -0.462 e. The summed E-state index contributed by atoms with van der Waals surface area (Å²) in [5.41, 5.74) is 2.50. The summed E-state index contributed by atoms with van der Waals surface area (Å²) in [4.78, 5) is 11.9. The molecule has 0 radical (unpaired) electrons. The van der Waals surface area contributed by atoms with Crippen molar-refractivity contribution in [1.29, 1.82) is 0 Å². The van der Waals surface area contributed by atoms with Gasteiger partial charge in [0.1, 0.15) is 0 Å². The zero-order valence-electron chi connectivity index (χ0n) is 12.3. The molecule has 0 aromatic heterocycles. The molecule has 0 N–H and O–H groups in total. The number of carbonyl (C=O) groups is 1. The highest BCUT2D eigenvalue weighted by Crippen LogP contribution is 2.14. The maximum atomic E-state index is 11.9. The molecule has 0 saturated carbocycles. The van der Waals surface area contributed by atoms with E-state index in [2.05, 4.69) is 18.7 Å². The topological polar surface area (TPSA) is 26.3 Å². The molecule has 0 atom stereocenters. The van der Waals surface area contributed by atoms with Crippen LogP contribution in [-0.4, -0.2) is 12.6 Å². The summed E-state index contributed by atoms with van der Waals surface area (Å²) in [6.07, 6.45) is 7.28. The standard InChI is InChI=1S/C18H22O2/c1-4-10-15(3)17(18(19)20-5-2)14-9-13-16-11-7-6-8-12-16/h4,6-8,10-12,14H,3,5,9,13H2,1-2H3/b10-4+,17-14-. The Balaban J connectivity index is 2.74. The normalized spacial score (nSPS) is 11.6. The van der Waals surface area contributed by atoms with Crippen LogP contribution in [0.25, 0.3) is 0 Å². The summed E-state index contributed by atoms with van der Waals surface area (Å²) in [6.45, 7) is 8.00. The summed E-state index contributed by atoms with van der Waals surface area (Å²) in [6, 6.07) is 10.2. The van der Waals surface area contributed by atoms with Gasteiger partial charge >= 0.3 is 5.97 Å². The number of benzene rings is 1. The Bertz CT molecular complexity index is 495. The average molecular weight is 270 g/mol.